The van der Waals surface area contributed by atoms with Crippen LogP contribution in [-0.2, 0) is 0 Å². The van der Waals surface area contributed by atoms with Crippen LogP contribution in [0, 0.1) is 6.92 Å². The van der Waals surface area contributed by atoms with Crippen LogP contribution >= 0.6 is 0 Å². The summed E-state index contributed by atoms with van der Waals surface area (Å²) in [4.78, 5) is 4.64. The molecule has 27 heavy (non-hydrogen) atoms. The van der Waals surface area contributed by atoms with E-state index < -0.39 is 0 Å². The van der Waals surface area contributed by atoms with Crippen molar-refractivity contribution in [3.8, 4) is 11.1 Å². The Morgan fingerprint density at radius 3 is 2.15 bits per heavy atom. The van der Waals surface area contributed by atoms with Gasteiger partial charge in [-0.15, -0.1) is 0 Å². The second-order valence-electron chi connectivity index (χ2n) is 7.33. The molecule has 0 spiro atoms. The van der Waals surface area contributed by atoms with Crippen LogP contribution < -0.4 is 0 Å². The van der Waals surface area contributed by atoms with Crippen molar-refractivity contribution in [1.82, 2.24) is 4.98 Å². The third kappa shape index (κ3) is 2.09. The molecule has 1 heteroatoms. The first-order valence-electron chi connectivity index (χ1n) is 9.32. The third-order valence-electron chi connectivity index (χ3n) is 5.67. The molecule has 0 amide bonds. The van der Waals surface area contributed by atoms with Gasteiger partial charge in [-0.05, 0) is 68.6 Å². The highest BCUT2D eigenvalue weighted by molar-refractivity contribution is 6.25. The largest absolute Gasteiger partial charge is 0.253 e. The first-order valence-corrected chi connectivity index (χ1v) is 9.32. The van der Waals surface area contributed by atoms with Crippen LogP contribution in [0.3, 0.4) is 0 Å². The topological polar surface area (TPSA) is 12.9 Å². The minimum absolute atomic E-state index is 1.05. The van der Waals surface area contributed by atoms with Gasteiger partial charge < -0.3 is 0 Å². The molecule has 1 heterocycles. The van der Waals surface area contributed by atoms with Crippen LogP contribution in [0.4, 0.5) is 0 Å². The molecule has 0 bridgehead atoms. The van der Waals surface area contributed by atoms with Crippen LogP contribution in [0.2, 0.25) is 0 Å². The predicted molar refractivity (Wildman–Crippen MR) is 116 cm³/mol. The molecule has 126 valence electrons. The summed E-state index contributed by atoms with van der Waals surface area (Å²) in [6, 6.07) is 30.9. The Hall–Kier alpha value is -3.45. The van der Waals surface area contributed by atoms with E-state index in [4.69, 9.17) is 0 Å². The predicted octanol–water partition coefficient (Wildman–Crippen LogP) is 7.11. The fourth-order valence-electron chi connectivity index (χ4n) is 4.38. The van der Waals surface area contributed by atoms with Gasteiger partial charge in [-0.25, -0.2) is 0 Å². The Balaban J connectivity index is 1.71. The first kappa shape index (κ1) is 14.7. The Morgan fingerprint density at radius 1 is 0.593 bits per heavy atom. The van der Waals surface area contributed by atoms with E-state index in [0.29, 0.717) is 0 Å². The fourth-order valence-corrected chi connectivity index (χ4v) is 4.38. The molecular formula is C26H17N. The average Bonchev–Trinajstić information content (AvgIpc) is 2.71. The first-order chi connectivity index (χ1) is 13.3. The Labute approximate surface area is 157 Å². The number of benzene rings is 5. The quantitative estimate of drug-likeness (QED) is 0.290. The molecule has 1 aromatic heterocycles. The second kappa shape index (κ2) is 5.28. The number of aromatic nitrogens is 1. The number of hydrogen-bond donors (Lipinski definition) is 0. The highest BCUT2D eigenvalue weighted by Gasteiger charge is 2.12. The molecule has 0 fully saturated rings. The number of nitrogens with zero attached hydrogens (tertiary/aromatic N) is 1. The van der Waals surface area contributed by atoms with Crippen molar-refractivity contribution in [3.63, 3.8) is 0 Å². The van der Waals surface area contributed by atoms with E-state index in [1.165, 1.54) is 48.8 Å². The summed E-state index contributed by atoms with van der Waals surface area (Å²) in [5.74, 6) is 0. The van der Waals surface area contributed by atoms with Gasteiger partial charge in [0, 0.05) is 11.1 Å². The molecule has 6 aromatic rings. The second-order valence-corrected chi connectivity index (χ2v) is 7.33. The normalized spacial score (nSPS) is 11.9. The van der Waals surface area contributed by atoms with Gasteiger partial charge in [0.2, 0.25) is 0 Å². The van der Waals surface area contributed by atoms with Gasteiger partial charge in [0.15, 0.2) is 0 Å². The summed E-state index contributed by atoms with van der Waals surface area (Å²) in [7, 11) is 0. The molecule has 0 unspecified atom stereocenters. The summed E-state index contributed by atoms with van der Waals surface area (Å²) in [5.41, 5.74) is 4.63. The lowest BCUT2D eigenvalue weighted by atomic mass is 9.89. The summed E-state index contributed by atoms with van der Waals surface area (Å²) < 4.78 is 0. The minimum Gasteiger partial charge on any atom is -0.253 e. The zero-order valence-corrected chi connectivity index (χ0v) is 15.0. The van der Waals surface area contributed by atoms with Gasteiger partial charge >= 0.3 is 0 Å². The molecule has 0 aliphatic carbocycles. The summed E-state index contributed by atoms with van der Waals surface area (Å²) in [6.45, 7) is 2.04. The SMILES string of the molecule is Cc1ccc2cc(-c3ccc4ccc5cccc6ccc3c4c56)ccc2n1. The lowest BCUT2D eigenvalue weighted by Crippen LogP contribution is -1.88. The summed E-state index contributed by atoms with van der Waals surface area (Å²) in [6.07, 6.45) is 0. The summed E-state index contributed by atoms with van der Waals surface area (Å²) in [5, 5.41) is 9.15. The van der Waals surface area contributed by atoms with Crippen molar-refractivity contribution < 1.29 is 0 Å². The standard InChI is InChI=1S/C26H17N/c1-16-5-6-21-15-20(11-14-24(21)27-16)22-12-9-19-8-7-17-3-2-4-18-10-13-23(22)26(19)25(17)18/h2-15H,1H3. The summed E-state index contributed by atoms with van der Waals surface area (Å²) >= 11 is 0. The Morgan fingerprint density at radius 2 is 1.30 bits per heavy atom. The number of fused-ring (bicyclic) bond motifs is 1. The van der Waals surface area contributed by atoms with E-state index in [9.17, 15) is 0 Å². The van der Waals surface area contributed by atoms with Crippen LogP contribution in [0.25, 0.3) is 54.3 Å². The average molecular weight is 343 g/mol. The van der Waals surface area contributed by atoms with Crippen LogP contribution in [0.1, 0.15) is 5.69 Å². The molecule has 0 aliphatic heterocycles. The van der Waals surface area contributed by atoms with Crippen LogP contribution in [0.5, 0.6) is 0 Å². The van der Waals surface area contributed by atoms with Gasteiger partial charge in [0.25, 0.3) is 0 Å². The smallest absolute Gasteiger partial charge is 0.0705 e. The van der Waals surface area contributed by atoms with Crippen molar-refractivity contribution in [1.29, 1.82) is 0 Å². The molecule has 1 nitrogen and oxygen atoms in total. The number of hydrogen-bond acceptors (Lipinski definition) is 1. The zero-order valence-electron chi connectivity index (χ0n) is 15.0. The molecule has 0 saturated heterocycles. The van der Waals surface area contributed by atoms with Gasteiger partial charge in [-0.3, -0.25) is 4.98 Å². The fraction of sp³-hybridized carbons (Fsp3) is 0.0385. The van der Waals surface area contributed by atoms with Gasteiger partial charge in [-0.2, -0.15) is 0 Å². The highest BCUT2D eigenvalue weighted by Crippen LogP contribution is 2.39. The molecule has 0 radical (unpaired) electrons. The van der Waals surface area contributed by atoms with E-state index in [1.807, 2.05) is 6.92 Å². The van der Waals surface area contributed by atoms with Crippen LogP contribution in [-0.4, -0.2) is 4.98 Å². The van der Waals surface area contributed by atoms with E-state index in [1.54, 1.807) is 0 Å². The van der Waals surface area contributed by atoms with E-state index in [-0.39, 0.29) is 0 Å². The van der Waals surface area contributed by atoms with Crippen LogP contribution in [0.15, 0.2) is 84.9 Å². The molecular weight excluding hydrogens is 326 g/mol. The molecule has 0 atom stereocenters. The van der Waals surface area contributed by atoms with Crippen molar-refractivity contribution in [3.05, 3.63) is 90.6 Å². The maximum absolute atomic E-state index is 4.64. The molecule has 0 N–H and O–H groups in total. The highest BCUT2D eigenvalue weighted by atomic mass is 14.7. The van der Waals surface area contributed by atoms with Gasteiger partial charge in [-0.1, -0.05) is 66.7 Å². The molecule has 0 aliphatic rings. The van der Waals surface area contributed by atoms with E-state index in [0.717, 1.165) is 11.2 Å². The Bertz CT molecular complexity index is 1460. The molecule has 6 rings (SSSR count). The van der Waals surface area contributed by atoms with Crippen molar-refractivity contribution >= 4 is 43.2 Å². The number of aryl methyl sites for hydroxylation is 1. The molecule has 0 saturated carbocycles. The monoisotopic (exact) mass is 343 g/mol. The maximum Gasteiger partial charge on any atom is 0.0705 e. The number of pyridine rings is 1. The van der Waals surface area contributed by atoms with Crippen molar-refractivity contribution in [2.75, 3.05) is 0 Å². The van der Waals surface area contributed by atoms with Gasteiger partial charge in [0.1, 0.15) is 0 Å². The third-order valence-corrected chi connectivity index (χ3v) is 5.67. The minimum atomic E-state index is 1.05. The Kier molecular flexibility index (Phi) is 2.87. The van der Waals surface area contributed by atoms with Crippen molar-refractivity contribution in [2.45, 2.75) is 6.92 Å². The van der Waals surface area contributed by atoms with E-state index in [2.05, 4.69) is 89.9 Å². The van der Waals surface area contributed by atoms with Gasteiger partial charge in [0.05, 0.1) is 5.52 Å². The lowest BCUT2D eigenvalue weighted by Gasteiger charge is -2.14. The molecule has 5 aromatic carbocycles. The van der Waals surface area contributed by atoms with Crippen molar-refractivity contribution in [2.24, 2.45) is 0 Å². The number of rotatable bonds is 1. The zero-order chi connectivity index (χ0) is 18.0. The lowest BCUT2D eigenvalue weighted by molar-refractivity contribution is 1.26. The maximum atomic E-state index is 4.64. The van der Waals surface area contributed by atoms with E-state index >= 15 is 0 Å².